The minimum absolute atomic E-state index is 0.0491. The van der Waals surface area contributed by atoms with Crippen LogP contribution >= 0.6 is 0 Å². The molecule has 6 heteroatoms. The van der Waals surface area contributed by atoms with Crippen LogP contribution in [0.3, 0.4) is 0 Å². The zero-order chi connectivity index (χ0) is 18.0. The molecule has 6 nitrogen and oxygen atoms in total. The summed E-state index contributed by atoms with van der Waals surface area (Å²) in [6.45, 7) is 5.01. The third-order valence-electron chi connectivity index (χ3n) is 4.94. The van der Waals surface area contributed by atoms with Crippen molar-refractivity contribution in [3.8, 4) is 17.1 Å². The van der Waals surface area contributed by atoms with Crippen molar-refractivity contribution in [3.63, 3.8) is 0 Å². The van der Waals surface area contributed by atoms with Crippen LogP contribution in [0.5, 0.6) is 5.75 Å². The highest BCUT2D eigenvalue weighted by molar-refractivity contribution is 5.94. The lowest BCUT2D eigenvalue weighted by Gasteiger charge is -2.33. The van der Waals surface area contributed by atoms with Gasteiger partial charge in [-0.3, -0.25) is 4.79 Å². The molecule has 0 spiro atoms. The molecule has 1 amide bonds. The summed E-state index contributed by atoms with van der Waals surface area (Å²) in [4.78, 5) is 22.4. The number of carbonyl (C=O) groups excluding carboxylic acids is 1. The van der Waals surface area contributed by atoms with Crippen LogP contribution < -0.4 is 4.74 Å². The van der Waals surface area contributed by atoms with Gasteiger partial charge in [0.05, 0.1) is 13.2 Å². The number of H-pyrrole nitrogens is 1. The number of aromatic nitrogens is 2. The second kappa shape index (κ2) is 7.27. The predicted molar refractivity (Wildman–Crippen MR) is 95.6 cm³/mol. The predicted octanol–water partition coefficient (Wildman–Crippen LogP) is 2.63. The Balaban J connectivity index is 1.77. The zero-order valence-corrected chi connectivity index (χ0v) is 15.0. The van der Waals surface area contributed by atoms with Crippen molar-refractivity contribution in [2.24, 2.45) is 5.92 Å². The van der Waals surface area contributed by atoms with Crippen LogP contribution in [-0.4, -0.2) is 52.2 Å². The molecule has 1 atom stereocenters. The number of aliphatic hydroxyl groups excluding tert-OH is 1. The summed E-state index contributed by atoms with van der Waals surface area (Å²) < 4.78 is 5.25. The Morgan fingerprint density at radius 3 is 2.76 bits per heavy atom. The number of aryl methyl sites for hydroxylation is 1. The number of likely N-dealkylation sites (tertiary alicyclic amines) is 1. The number of carbonyl (C=O) groups is 1. The van der Waals surface area contributed by atoms with Crippen molar-refractivity contribution in [3.05, 3.63) is 35.7 Å². The van der Waals surface area contributed by atoms with E-state index in [2.05, 4.69) is 9.97 Å². The van der Waals surface area contributed by atoms with Gasteiger partial charge in [-0.15, -0.1) is 0 Å². The lowest BCUT2D eigenvalue weighted by atomic mass is 9.92. The van der Waals surface area contributed by atoms with Crippen molar-refractivity contribution in [1.82, 2.24) is 14.9 Å². The number of amides is 1. The highest BCUT2D eigenvalue weighted by Gasteiger charge is 2.28. The molecule has 134 valence electrons. The van der Waals surface area contributed by atoms with E-state index in [1.165, 1.54) is 0 Å². The Kier molecular flexibility index (Phi) is 5.08. The minimum atomic E-state index is -0.316. The summed E-state index contributed by atoms with van der Waals surface area (Å²) in [7, 11) is 1.62. The summed E-state index contributed by atoms with van der Waals surface area (Å²) in [5.74, 6) is 1.64. The van der Waals surface area contributed by atoms with Crippen LogP contribution in [-0.2, 0) is 0 Å². The molecule has 1 saturated heterocycles. The maximum atomic E-state index is 12.8. The number of nitrogens with one attached hydrogen (secondary N) is 1. The minimum Gasteiger partial charge on any atom is -0.497 e. The maximum absolute atomic E-state index is 12.8. The van der Waals surface area contributed by atoms with Gasteiger partial charge in [-0.1, -0.05) is 12.1 Å². The van der Waals surface area contributed by atoms with E-state index >= 15 is 0 Å². The Morgan fingerprint density at radius 2 is 2.12 bits per heavy atom. The molecule has 1 aromatic heterocycles. The quantitative estimate of drug-likeness (QED) is 0.894. The number of ether oxygens (including phenoxy) is 1. The standard InChI is InChI=1S/C19H25N3O3/c1-12-17(19(24)22-9-7-14(8-10-22)13(2)23)21-18(20-12)15-5-4-6-16(11-15)25-3/h4-6,11,13-14,23H,7-10H2,1-3H3,(H,20,21). The van der Waals surface area contributed by atoms with E-state index in [-0.39, 0.29) is 17.9 Å². The molecule has 1 fully saturated rings. The molecule has 0 bridgehead atoms. The van der Waals surface area contributed by atoms with Crippen LogP contribution in [0.15, 0.2) is 24.3 Å². The monoisotopic (exact) mass is 343 g/mol. The van der Waals surface area contributed by atoms with Crippen molar-refractivity contribution in [2.75, 3.05) is 20.2 Å². The maximum Gasteiger partial charge on any atom is 0.274 e. The number of aromatic amines is 1. The molecule has 0 aliphatic carbocycles. The number of hydrogen-bond donors (Lipinski definition) is 2. The number of imidazole rings is 1. The van der Waals surface area contributed by atoms with E-state index in [1.54, 1.807) is 7.11 Å². The van der Waals surface area contributed by atoms with Gasteiger partial charge in [0.2, 0.25) is 0 Å². The molecule has 25 heavy (non-hydrogen) atoms. The molecule has 2 aromatic rings. The zero-order valence-electron chi connectivity index (χ0n) is 15.0. The molecular formula is C19H25N3O3. The fraction of sp³-hybridized carbons (Fsp3) is 0.474. The third-order valence-corrected chi connectivity index (χ3v) is 4.94. The van der Waals surface area contributed by atoms with Gasteiger partial charge in [0.15, 0.2) is 0 Å². The Bertz CT molecular complexity index is 746. The van der Waals surface area contributed by atoms with Gasteiger partial charge in [-0.2, -0.15) is 0 Å². The van der Waals surface area contributed by atoms with Crippen molar-refractivity contribution in [2.45, 2.75) is 32.8 Å². The average Bonchev–Trinajstić information content (AvgIpc) is 3.03. The van der Waals surface area contributed by atoms with Gasteiger partial charge < -0.3 is 19.7 Å². The first kappa shape index (κ1) is 17.5. The smallest absolute Gasteiger partial charge is 0.274 e. The van der Waals surface area contributed by atoms with E-state index in [9.17, 15) is 9.90 Å². The molecule has 1 aromatic carbocycles. The van der Waals surface area contributed by atoms with E-state index in [0.717, 1.165) is 29.8 Å². The number of methoxy groups -OCH3 is 1. The summed E-state index contributed by atoms with van der Waals surface area (Å²) in [6, 6.07) is 7.59. The molecule has 1 unspecified atom stereocenters. The van der Waals surface area contributed by atoms with Crippen molar-refractivity contribution in [1.29, 1.82) is 0 Å². The normalized spacial score (nSPS) is 16.7. The van der Waals surface area contributed by atoms with E-state index in [0.29, 0.717) is 24.6 Å². The number of rotatable bonds is 4. The van der Waals surface area contributed by atoms with Crippen LogP contribution in [0.4, 0.5) is 0 Å². The second-order valence-electron chi connectivity index (χ2n) is 6.66. The number of nitrogens with zero attached hydrogens (tertiary/aromatic N) is 2. The highest BCUT2D eigenvalue weighted by atomic mass is 16.5. The lowest BCUT2D eigenvalue weighted by molar-refractivity contribution is 0.0517. The van der Waals surface area contributed by atoms with Crippen LogP contribution in [0, 0.1) is 12.8 Å². The number of benzene rings is 1. The first-order valence-corrected chi connectivity index (χ1v) is 8.68. The summed E-state index contributed by atoms with van der Waals surface area (Å²) in [5, 5.41) is 9.70. The van der Waals surface area contributed by atoms with Gasteiger partial charge in [-0.25, -0.2) is 4.98 Å². The van der Waals surface area contributed by atoms with E-state index in [1.807, 2.05) is 43.0 Å². The molecule has 1 aliphatic rings. The number of piperidine rings is 1. The fourth-order valence-corrected chi connectivity index (χ4v) is 3.31. The first-order valence-electron chi connectivity index (χ1n) is 8.68. The Morgan fingerprint density at radius 1 is 1.40 bits per heavy atom. The molecular weight excluding hydrogens is 318 g/mol. The van der Waals surface area contributed by atoms with Gasteiger partial charge in [-0.05, 0) is 44.7 Å². The highest BCUT2D eigenvalue weighted by Crippen LogP contribution is 2.25. The summed E-state index contributed by atoms with van der Waals surface area (Å²) >= 11 is 0. The summed E-state index contributed by atoms with van der Waals surface area (Å²) in [5.41, 5.74) is 2.11. The fourth-order valence-electron chi connectivity index (χ4n) is 3.31. The van der Waals surface area contributed by atoms with Crippen LogP contribution in [0.25, 0.3) is 11.4 Å². The van der Waals surface area contributed by atoms with E-state index < -0.39 is 0 Å². The number of aliphatic hydroxyl groups is 1. The number of hydrogen-bond acceptors (Lipinski definition) is 4. The van der Waals surface area contributed by atoms with Crippen LogP contribution in [0.2, 0.25) is 0 Å². The van der Waals surface area contributed by atoms with Gasteiger partial charge >= 0.3 is 0 Å². The largest absolute Gasteiger partial charge is 0.497 e. The molecule has 0 radical (unpaired) electrons. The van der Waals surface area contributed by atoms with Crippen molar-refractivity contribution < 1.29 is 14.6 Å². The molecule has 3 rings (SSSR count). The van der Waals surface area contributed by atoms with Gasteiger partial charge in [0, 0.05) is 24.3 Å². The average molecular weight is 343 g/mol. The topological polar surface area (TPSA) is 78.4 Å². The lowest BCUT2D eigenvalue weighted by Crippen LogP contribution is -2.41. The Labute approximate surface area is 147 Å². The molecule has 2 heterocycles. The van der Waals surface area contributed by atoms with Gasteiger partial charge in [0.1, 0.15) is 17.3 Å². The third kappa shape index (κ3) is 3.69. The molecule has 1 aliphatic heterocycles. The van der Waals surface area contributed by atoms with Crippen LogP contribution in [0.1, 0.15) is 35.9 Å². The molecule has 0 saturated carbocycles. The molecule has 2 N–H and O–H groups in total. The van der Waals surface area contributed by atoms with E-state index in [4.69, 9.17) is 4.74 Å². The van der Waals surface area contributed by atoms with Crippen molar-refractivity contribution >= 4 is 5.91 Å². The van der Waals surface area contributed by atoms with Gasteiger partial charge in [0.25, 0.3) is 5.91 Å². The second-order valence-corrected chi connectivity index (χ2v) is 6.66. The summed E-state index contributed by atoms with van der Waals surface area (Å²) in [6.07, 6.45) is 1.34. The Hall–Kier alpha value is -2.34. The first-order chi connectivity index (χ1) is 12.0. The SMILES string of the molecule is COc1cccc(-c2nc(C(=O)N3CCC(C(C)O)CC3)c(C)[nH]2)c1.